The maximum Gasteiger partial charge on any atom is 0.354 e. The van der Waals surface area contributed by atoms with Crippen molar-refractivity contribution in [2.24, 2.45) is 0 Å². The zero-order valence-corrected chi connectivity index (χ0v) is 18.1. The summed E-state index contributed by atoms with van der Waals surface area (Å²) in [6, 6.07) is 29.6. The van der Waals surface area contributed by atoms with Crippen LogP contribution in [0, 0.1) is 5.82 Å². The number of rotatable bonds is 6. The van der Waals surface area contributed by atoms with Crippen molar-refractivity contribution in [3.8, 4) is 0 Å². The van der Waals surface area contributed by atoms with Crippen LogP contribution in [0.5, 0.6) is 0 Å². The fourth-order valence-corrected chi connectivity index (χ4v) is 4.77. The minimum atomic E-state index is -0.233. The van der Waals surface area contributed by atoms with Crippen LogP contribution in [0.25, 0.3) is 0 Å². The molecular weight excluding hydrogens is 435 g/mol. The molecule has 30 heavy (non-hydrogen) atoms. The van der Waals surface area contributed by atoms with Crippen molar-refractivity contribution in [2.75, 3.05) is 0 Å². The molecule has 0 unspecified atom stereocenters. The molecular formula is C25H17ClFOS2+. The summed E-state index contributed by atoms with van der Waals surface area (Å²) in [6.45, 7) is 0. The third kappa shape index (κ3) is 5.14. The summed E-state index contributed by atoms with van der Waals surface area (Å²) in [5.74, 6) is -0.0279. The molecule has 0 radical (unpaired) electrons. The van der Waals surface area contributed by atoms with Gasteiger partial charge in [-0.15, -0.1) is 0 Å². The lowest BCUT2D eigenvalue weighted by atomic mass is 10.0. The molecule has 0 spiro atoms. The second kappa shape index (κ2) is 9.52. The predicted molar refractivity (Wildman–Crippen MR) is 124 cm³/mol. The SMILES string of the molecule is [OH+]=C(c1ccccc1)c1ccc(Sc2ccc(Sc3ccc(F)cc3)cc2)c(Cl)c1. The molecule has 0 fully saturated rings. The predicted octanol–water partition coefficient (Wildman–Crippen LogP) is 7.72. The Morgan fingerprint density at radius 1 is 0.667 bits per heavy atom. The zero-order chi connectivity index (χ0) is 20.9. The van der Waals surface area contributed by atoms with Crippen LogP contribution in [0.15, 0.2) is 117 Å². The number of hydrogen-bond donors (Lipinski definition) is 0. The Labute approximate surface area is 188 Å². The first kappa shape index (κ1) is 20.7. The van der Waals surface area contributed by atoms with Gasteiger partial charge in [-0.1, -0.05) is 53.3 Å². The Morgan fingerprint density at radius 2 is 1.23 bits per heavy atom. The second-order valence-electron chi connectivity index (χ2n) is 6.49. The van der Waals surface area contributed by atoms with Gasteiger partial charge < -0.3 is 0 Å². The van der Waals surface area contributed by atoms with Crippen LogP contribution in [0.4, 0.5) is 4.39 Å². The average molecular weight is 452 g/mol. The van der Waals surface area contributed by atoms with E-state index in [0.29, 0.717) is 10.6 Å². The molecule has 0 heterocycles. The average Bonchev–Trinajstić information content (AvgIpc) is 2.78. The molecule has 0 aliphatic rings. The van der Waals surface area contributed by atoms with E-state index in [-0.39, 0.29) is 11.6 Å². The second-order valence-corrected chi connectivity index (χ2v) is 9.16. The van der Waals surface area contributed by atoms with E-state index in [1.165, 1.54) is 12.1 Å². The van der Waals surface area contributed by atoms with E-state index in [9.17, 15) is 9.18 Å². The Kier molecular flexibility index (Phi) is 6.58. The van der Waals surface area contributed by atoms with Crippen LogP contribution >= 0.6 is 35.1 Å². The number of ketones is 1. The molecule has 0 aromatic heterocycles. The van der Waals surface area contributed by atoms with E-state index in [2.05, 4.69) is 0 Å². The highest BCUT2D eigenvalue weighted by molar-refractivity contribution is 7.99. The number of carbonyl (C=O) groups excluding carboxylic acids is 1. The van der Waals surface area contributed by atoms with Crippen molar-refractivity contribution in [3.05, 3.63) is 119 Å². The van der Waals surface area contributed by atoms with E-state index in [4.69, 9.17) is 11.6 Å². The van der Waals surface area contributed by atoms with Gasteiger partial charge in [0, 0.05) is 19.6 Å². The minimum Gasteiger partial charge on any atom is -0.273 e. The van der Waals surface area contributed by atoms with Gasteiger partial charge in [0.1, 0.15) is 5.82 Å². The van der Waals surface area contributed by atoms with Crippen molar-refractivity contribution in [3.63, 3.8) is 0 Å². The molecule has 0 amide bonds. The first-order valence-electron chi connectivity index (χ1n) is 9.21. The smallest absolute Gasteiger partial charge is 0.273 e. The van der Waals surface area contributed by atoms with Gasteiger partial charge in [-0.05, 0) is 78.9 Å². The molecule has 0 saturated carbocycles. The summed E-state index contributed by atoms with van der Waals surface area (Å²) in [7, 11) is 0. The van der Waals surface area contributed by atoms with Gasteiger partial charge in [0.2, 0.25) is 0 Å². The molecule has 4 aromatic carbocycles. The van der Waals surface area contributed by atoms with E-state index in [1.54, 1.807) is 41.7 Å². The third-order valence-electron chi connectivity index (χ3n) is 4.35. The highest BCUT2D eigenvalue weighted by Crippen LogP contribution is 2.36. The minimum absolute atomic E-state index is 0.205. The quantitative estimate of drug-likeness (QED) is 0.221. The third-order valence-corrected chi connectivity index (χ3v) is 6.88. The molecule has 0 saturated heterocycles. The molecule has 1 nitrogen and oxygen atoms in total. The fraction of sp³-hybridized carbons (Fsp3) is 0. The van der Waals surface area contributed by atoms with Gasteiger partial charge in [-0.25, -0.2) is 4.39 Å². The molecule has 0 bridgehead atoms. The Hall–Kier alpha value is -2.53. The maximum absolute atomic E-state index is 13.0. The zero-order valence-electron chi connectivity index (χ0n) is 15.8. The molecule has 4 aromatic rings. The van der Waals surface area contributed by atoms with Crippen LogP contribution in [-0.2, 0) is 0 Å². The van der Waals surface area contributed by atoms with Gasteiger partial charge in [0.25, 0.3) is 0 Å². The molecule has 1 N–H and O–H groups in total. The van der Waals surface area contributed by atoms with Crippen LogP contribution in [0.2, 0.25) is 5.02 Å². The number of halogens is 2. The normalized spacial score (nSPS) is 10.7. The standard InChI is InChI=1S/C25H16ClFOS2/c26-23-16-18(25(28)17-4-2-1-3-5-17)6-15-24(23)30-22-13-11-21(12-14-22)29-20-9-7-19(27)8-10-20/h1-16H/p+1. The monoisotopic (exact) mass is 451 g/mol. The topological polar surface area (TPSA) is 21.4 Å². The van der Waals surface area contributed by atoms with E-state index in [0.717, 1.165) is 25.1 Å². The summed E-state index contributed by atoms with van der Waals surface area (Å²) in [4.78, 5) is 14.5. The van der Waals surface area contributed by atoms with Crippen molar-refractivity contribution in [2.45, 2.75) is 19.6 Å². The molecule has 5 heteroatoms. The Bertz CT molecular complexity index is 1160. The first-order valence-corrected chi connectivity index (χ1v) is 11.2. The summed E-state index contributed by atoms with van der Waals surface area (Å²) in [5, 5.41) is 0.588. The maximum atomic E-state index is 13.0. The summed E-state index contributed by atoms with van der Waals surface area (Å²) in [5.41, 5.74) is 1.44. The van der Waals surface area contributed by atoms with Crippen LogP contribution in [0.1, 0.15) is 11.1 Å². The highest BCUT2D eigenvalue weighted by Gasteiger charge is 2.17. The summed E-state index contributed by atoms with van der Waals surface area (Å²) >= 11 is 9.63. The highest BCUT2D eigenvalue weighted by atomic mass is 35.5. The molecule has 0 atom stereocenters. The lowest BCUT2D eigenvalue weighted by molar-refractivity contribution is 0.626. The van der Waals surface area contributed by atoms with Crippen LogP contribution in [0.3, 0.4) is 0 Å². The number of hydrogen-bond acceptors (Lipinski definition) is 2. The lowest BCUT2D eigenvalue weighted by Crippen LogP contribution is -2.02. The Balaban J connectivity index is 1.45. The van der Waals surface area contributed by atoms with Gasteiger partial charge in [0.05, 0.1) is 16.1 Å². The van der Waals surface area contributed by atoms with Gasteiger partial charge in [-0.3, -0.25) is 4.79 Å². The van der Waals surface area contributed by atoms with E-state index in [1.807, 2.05) is 66.7 Å². The van der Waals surface area contributed by atoms with E-state index >= 15 is 0 Å². The molecule has 0 aliphatic heterocycles. The number of benzene rings is 4. The summed E-state index contributed by atoms with van der Waals surface area (Å²) < 4.78 is 13.0. The first-order chi connectivity index (χ1) is 14.6. The Morgan fingerprint density at radius 3 is 1.83 bits per heavy atom. The van der Waals surface area contributed by atoms with Crippen molar-refractivity contribution in [1.82, 2.24) is 0 Å². The molecule has 148 valence electrons. The van der Waals surface area contributed by atoms with Crippen molar-refractivity contribution < 1.29 is 9.18 Å². The van der Waals surface area contributed by atoms with Gasteiger partial charge in [0.15, 0.2) is 0 Å². The van der Waals surface area contributed by atoms with Crippen molar-refractivity contribution >= 4 is 40.9 Å². The van der Waals surface area contributed by atoms with E-state index < -0.39 is 0 Å². The molecule has 0 aliphatic carbocycles. The van der Waals surface area contributed by atoms with Crippen LogP contribution < -0.4 is 0 Å². The summed E-state index contributed by atoms with van der Waals surface area (Å²) in [6.07, 6.45) is 0. The van der Waals surface area contributed by atoms with Crippen molar-refractivity contribution in [1.29, 1.82) is 0 Å². The van der Waals surface area contributed by atoms with Gasteiger partial charge >= 0.3 is 5.78 Å². The van der Waals surface area contributed by atoms with Crippen LogP contribution in [-0.4, -0.2) is 10.6 Å². The lowest BCUT2D eigenvalue weighted by Gasteiger charge is -2.07. The van der Waals surface area contributed by atoms with Gasteiger partial charge in [-0.2, -0.15) is 0 Å². The largest absolute Gasteiger partial charge is 0.354 e. The molecule has 4 rings (SSSR count). The fourth-order valence-electron chi connectivity index (χ4n) is 2.84.